The van der Waals surface area contributed by atoms with E-state index in [0.717, 1.165) is 11.4 Å². The maximum absolute atomic E-state index is 11.7. The van der Waals surface area contributed by atoms with Crippen LogP contribution in [0.5, 0.6) is 0 Å². The van der Waals surface area contributed by atoms with Crippen molar-refractivity contribution >= 4 is 5.52 Å². The van der Waals surface area contributed by atoms with Crippen molar-refractivity contribution in [2.75, 3.05) is 0 Å². The van der Waals surface area contributed by atoms with Gasteiger partial charge in [-0.15, -0.1) is 0 Å². The first-order chi connectivity index (χ1) is 8.66. The summed E-state index contributed by atoms with van der Waals surface area (Å²) in [5.74, 6) is 0.737. The van der Waals surface area contributed by atoms with E-state index in [1.165, 1.54) is 5.56 Å². The molecule has 0 unspecified atom stereocenters. The molecule has 2 aromatic heterocycles. The lowest BCUT2D eigenvalue weighted by molar-refractivity contribution is 0.919. The van der Waals surface area contributed by atoms with Gasteiger partial charge >= 0.3 is 0 Å². The van der Waals surface area contributed by atoms with Gasteiger partial charge in [-0.3, -0.25) is 9.20 Å². The van der Waals surface area contributed by atoms with Gasteiger partial charge in [0.25, 0.3) is 5.56 Å². The van der Waals surface area contributed by atoms with E-state index >= 15 is 0 Å². The Labute approximate surface area is 103 Å². The molecule has 5 heteroatoms. The molecule has 0 atom stereocenters. The second-order valence-electron chi connectivity index (χ2n) is 4.29. The summed E-state index contributed by atoms with van der Waals surface area (Å²) in [5.41, 5.74) is 3.18. The van der Waals surface area contributed by atoms with Crippen LogP contribution in [0, 0.1) is 13.8 Å². The number of imidazole rings is 1. The minimum atomic E-state index is -0.221. The van der Waals surface area contributed by atoms with E-state index in [4.69, 9.17) is 0 Å². The Morgan fingerprint density at radius 2 is 1.89 bits per heavy atom. The summed E-state index contributed by atoms with van der Waals surface area (Å²) in [4.78, 5) is 16.2. The van der Waals surface area contributed by atoms with E-state index < -0.39 is 0 Å². The summed E-state index contributed by atoms with van der Waals surface area (Å²) in [5, 5.41) is 6.24. The zero-order valence-corrected chi connectivity index (χ0v) is 10.1. The third-order valence-electron chi connectivity index (χ3n) is 2.95. The maximum Gasteiger partial charge on any atom is 0.290 e. The number of benzene rings is 1. The Balaban J connectivity index is 2.34. The largest absolute Gasteiger partial charge is 0.290 e. The molecule has 2 heterocycles. The van der Waals surface area contributed by atoms with Crippen molar-refractivity contribution in [3.63, 3.8) is 0 Å². The van der Waals surface area contributed by atoms with Crippen LogP contribution in [0.2, 0.25) is 0 Å². The molecule has 1 N–H and O–H groups in total. The molecule has 18 heavy (non-hydrogen) atoms. The normalized spacial score (nSPS) is 11.0. The molecule has 0 bridgehead atoms. The van der Waals surface area contributed by atoms with Gasteiger partial charge in [0.1, 0.15) is 17.7 Å². The van der Waals surface area contributed by atoms with E-state index in [1.807, 2.05) is 38.1 Å². The Hall–Kier alpha value is -2.43. The quantitative estimate of drug-likeness (QED) is 0.704. The molecule has 0 radical (unpaired) electrons. The summed E-state index contributed by atoms with van der Waals surface area (Å²) in [6, 6.07) is 8.02. The predicted molar refractivity (Wildman–Crippen MR) is 68.5 cm³/mol. The van der Waals surface area contributed by atoms with Crippen molar-refractivity contribution < 1.29 is 0 Å². The Morgan fingerprint density at radius 3 is 2.61 bits per heavy atom. The number of nitrogens with zero attached hydrogens (tertiary/aromatic N) is 3. The molecule has 3 aromatic rings. The van der Waals surface area contributed by atoms with E-state index in [0.29, 0.717) is 11.2 Å². The molecule has 0 fully saturated rings. The maximum atomic E-state index is 11.7. The molecule has 0 aliphatic rings. The van der Waals surface area contributed by atoms with E-state index in [1.54, 1.807) is 10.7 Å². The number of aryl methyl sites for hydroxylation is 2. The monoisotopic (exact) mass is 240 g/mol. The molecule has 0 amide bonds. The molecule has 0 saturated carbocycles. The lowest BCUT2D eigenvalue weighted by Crippen LogP contribution is -2.11. The van der Waals surface area contributed by atoms with Crippen molar-refractivity contribution in [3.05, 3.63) is 52.2 Å². The molecule has 5 nitrogen and oxygen atoms in total. The summed E-state index contributed by atoms with van der Waals surface area (Å²) in [6.07, 6.45) is 1.58. The van der Waals surface area contributed by atoms with Gasteiger partial charge in [-0.05, 0) is 13.8 Å². The summed E-state index contributed by atoms with van der Waals surface area (Å²) >= 11 is 0. The van der Waals surface area contributed by atoms with Gasteiger partial charge in [0.15, 0.2) is 0 Å². The topological polar surface area (TPSA) is 63.0 Å². The number of hydrogen-bond acceptors (Lipinski definition) is 3. The van der Waals surface area contributed by atoms with E-state index in [9.17, 15) is 4.79 Å². The Morgan fingerprint density at radius 1 is 1.17 bits per heavy atom. The molecule has 0 saturated heterocycles. The molecule has 3 rings (SSSR count). The van der Waals surface area contributed by atoms with E-state index in [2.05, 4.69) is 15.2 Å². The van der Waals surface area contributed by atoms with Crippen LogP contribution < -0.4 is 5.56 Å². The van der Waals surface area contributed by atoms with Gasteiger partial charge in [0.05, 0.1) is 5.69 Å². The van der Waals surface area contributed by atoms with Gasteiger partial charge in [-0.1, -0.05) is 29.8 Å². The van der Waals surface area contributed by atoms with Gasteiger partial charge < -0.3 is 0 Å². The molecule has 0 spiro atoms. The van der Waals surface area contributed by atoms with Gasteiger partial charge in [-0.25, -0.2) is 10.1 Å². The fourth-order valence-corrected chi connectivity index (χ4v) is 2.04. The van der Waals surface area contributed by atoms with Crippen LogP contribution in [0.3, 0.4) is 0 Å². The van der Waals surface area contributed by atoms with Crippen molar-refractivity contribution in [1.29, 1.82) is 0 Å². The smallest absolute Gasteiger partial charge is 0.276 e. The van der Waals surface area contributed by atoms with Crippen LogP contribution in [0.15, 0.2) is 35.4 Å². The number of nitrogens with one attached hydrogen (secondary N) is 1. The van der Waals surface area contributed by atoms with Crippen molar-refractivity contribution in [2.45, 2.75) is 13.8 Å². The Kier molecular flexibility index (Phi) is 2.26. The third kappa shape index (κ3) is 1.52. The first-order valence-electron chi connectivity index (χ1n) is 5.66. The summed E-state index contributed by atoms with van der Waals surface area (Å²) in [6.45, 7) is 3.85. The first kappa shape index (κ1) is 10.7. The fraction of sp³-hybridized carbons (Fsp3) is 0.154. The summed E-state index contributed by atoms with van der Waals surface area (Å²) in [7, 11) is 0. The van der Waals surface area contributed by atoms with Crippen LogP contribution in [0.1, 0.15) is 11.3 Å². The highest BCUT2D eigenvalue weighted by molar-refractivity contribution is 5.64. The Bertz CT molecular complexity index is 768. The van der Waals surface area contributed by atoms with E-state index in [-0.39, 0.29) is 5.56 Å². The minimum absolute atomic E-state index is 0.221. The second-order valence-corrected chi connectivity index (χ2v) is 4.29. The van der Waals surface area contributed by atoms with Crippen LogP contribution in [0.4, 0.5) is 0 Å². The number of aromatic amines is 1. The minimum Gasteiger partial charge on any atom is -0.276 e. The SMILES string of the molecule is Cc1ccc(-c2nc(C)c3c(=O)[nH]ncn23)cc1. The van der Waals surface area contributed by atoms with Gasteiger partial charge in [0, 0.05) is 5.56 Å². The second kappa shape index (κ2) is 3.80. The molecular formula is C13H12N4O. The average molecular weight is 240 g/mol. The summed E-state index contributed by atoms with van der Waals surface area (Å²) < 4.78 is 1.72. The number of aromatic nitrogens is 4. The van der Waals surface area contributed by atoms with Crippen molar-refractivity contribution in [2.24, 2.45) is 0 Å². The fourth-order valence-electron chi connectivity index (χ4n) is 2.04. The average Bonchev–Trinajstić information content (AvgIpc) is 2.69. The molecule has 1 aromatic carbocycles. The highest BCUT2D eigenvalue weighted by Crippen LogP contribution is 2.20. The lowest BCUT2D eigenvalue weighted by Gasteiger charge is -2.00. The standard InChI is InChI=1S/C13H12N4O/c1-8-3-5-10(6-4-8)12-15-9(2)11-13(18)16-14-7-17(11)12/h3-7H,1-2H3,(H,16,18). The van der Waals surface area contributed by atoms with Crippen LogP contribution in [-0.4, -0.2) is 19.6 Å². The van der Waals surface area contributed by atoms with Crippen molar-refractivity contribution in [3.8, 4) is 11.4 Å². The molecular weight excluding hydrogens is 228 g/mol. The predicted octanol–water partition coefficient (Wildman–Crippen LogP) is 1.70. The number of rotatable bonds is 1. The van der Waals surface area contributed by atoms with Gasteiger partial charge in [-0.2, -0.15) is 5.10 Å². The van der Waals surface area contributed by atoms with Crippen molar-refractivity contribution in [1.82, 2.24) is 19.6 Å². The molecule has 90 valence electrons. The number of hydrogen-bond donors (Lipinski definition) is 1. The van der Waals surface area contributed by atoms with Crippen LogP contribution >= 0.6 is 0 Å². The van der Waals surface area contributed by atoms with Gasteiger partial charge in [0.2, 0.25) is 0 Å². The first-order valence-corrected chi connectivity index (χ1v) is 5.66. The molecule has 0 aliphatic heterocycles. The third-order valence-corrected chi connectivity index (χ3v) is 2.95. The number of fused-ring (bicyclic) bond motifs is 1. The number of H-pyrrole nitrogens is 1. The lowest BCUT2D eigenvalue weighted by atomic mass is 10.1. The van der Waals surface area contributed by atoms with Crippen LogP contribution in [0.25, 0.3) is 16.9 Å². The highest BCUT2D eigenvalue weighted by Gasteiger charge is 2.12. The zero-order valence-electron chi connectivity index (χ0n) is 10.1. The van der Waals surface area contributed by atoms with Crippen LogP contribution in [-0.2, 0) is 0 Å². The zero-order chi connectivity index (χ0) is 12.7. The highest BCUT2D eigenvalue weighted by atomic mass is 16.1. The molecule has 0 aliphatic carbocycles.